The summed E-state index contributed by atoms with van der Waals surface area (Å²) >= 11 is 0. The van der Waals surface area contributed by atoms with Crippen molar-refractivity contribution >= 4 is 12.0 Å². The van der Waals surface area contributed by atoms with Gasteiger partial charge in [-0.05, 0) is 0 Å². The quantitative estimate of drug-likeness (QED) is 0.590. The lowest BCUT2D eigenvalue weighted by Crippen LogP contribution is -2.24. The standard InChI is InChI=1S/C8H11N3O2/c1-10(2)7-5-8(13)11(3-4-12)9-6-7/h4-6H,3H2,1-2H3. The van der Waals surface area contributed by atoms with Crippen molar-refractivity contribution in [1.29, 1.82) is 0 Å². The Hall–Kier alpha value is -1.65. The fourth-order valence-electron chi connectivity index (χ4n) is 0.876. The summed E-state index contributed by atoms with van der Waals surface area (Å²) in [5.41, 5.74) is 0.463. The minimum absolute atomic E-state index is 0.00649. The number of hydrogen-bond donors (Lipinski definition) is 0. The third kappa shape index (κ3) is 2.14. The molecule has 0 spiro atoms. The average Bonchev–Trinajstić information content (AvgIpc) is 2.08. The van der Waals surface area contributed by atoms with E-state index < -0.39 is 0 Å². The SMILES string of the molecule is CN(C)c1cnn(CC=O)c(=O)c1. The lowest BCUT2D eigenvalue weighted by atomic mass is 10.4. The Morgan fingerprint density at radius 2 is 2.31 bits per heavy atom. The van der Waals surface area contributed by atoms with Crippen LogP contribution in [0, 0.1) is 0 Å². The van der Waals surface area contributed by atoms with Crippen LogP contribution in [0.3, 0.4) is 0 Å². The Labute approximate surface area is 75.6 Å². The van der Waals surface area contributed by atoms with Crippen LogP contribution < -0.4 is 10.5 Å². The summed E-state index contributed by atoms with van der Waals surface area (Å²) in [6, 6.07) is 1.44. The van der Waals surface area contributed by atoms with E-state index in [1.807, 2.05) is 14.1 Å². The minimum Gasteiger partial charge on any atom is -0.376 e. The molecular formula is C8H11N3O2. The van der Waals surface area contributed by atoms with Crippen molar-refractivity contribution < 1.29 is 4.79 Å². The molecule has 0 saturated heterocycles. The number of aromatic nitrogens is 2. The molecule has 5 nitrogen and oxygen atoms in total. The number of carbonyl (C=O) groups is 1. The van der Waals surface area contributed by atoms with Gasteiger partial charge in [-0.25, -0.2) is 4.68 Å². The van der Waals surface area contributed by atoms with Gasteiger partial charge in [0, 0.05) is 20.2 Å². The lowest BCUT2D eigenvalue weighted by Gasteiger charge is -2.11. The van der Waals surface area contributed by atoms with Gasteiger partial charge in [-0.2, -0.15) is 5.10 Å². The predicted molar refractivity (Wildman–Crippen MR) is 48.9 cm³/mol. The molecule has 1 aromatic heterocycles. The summed E-state index contributed by atoms with van der Waals surface area (Å²) in [6.07, 6.45) is 2.19. The highest BCUT2D eigenvalue weighted by atomic mass is 16.1. The fourth-order valence-corrected chi connectivity index (χ4v) is 0.876. The number of aldehydes is 1. The Kier molecular flexibility index (Phi) is 2.79. The van der Waals surface area contributed by atoms with E-state index in [0.29, 0.717) is 6.29 Å². The predicted octanol–water partition coefficient (Wildman–Crippen LogP) is -0.492. The Morgan fingerprint density at radius 3 is 2.77 bits per heavy atom. The van der Waals surface area contributed by atoms with E-state index in [9.17, 15) is 9.59 Å². The maximum absolute atomic E-state index is 11.2. The van der Waals surface area contributed by atoms with E-state index in [4.69, 9.17) is 0 Å². The molecule has 0 fully saturated rings. The number of hydrogen-bond acceptors (Lipinski definition) is 4. The van der Waals surface area contributed by atoms with Crippen molar-refractivity contribution in [3.8, 4) is 0 Å². The van der Waals surface area contributed by atoms with E-state index in [1.165, 1.54) is 6.07 Å². The topological polar surface area (TPSA) is 55.2 Å². The fraction of sp³-hybridized carbons (Fsp3) is 0.375. The van der Waals surface area contributed by atoms with Crippen LogP contribution in [0.5, 0.6) is 0 Å². The zero-order valence-corrected chi connectivity index (χ0v) is 7.60. The van der Waals surface area contributed by atoms with E-state index in [2.05, 4.69) is 5.10 Å². The molecule has 0 radical (unpaired) electrons. The normalized spacial score (nSPS) is 9.69. The third-order valence-electron chi connectivity index (χ3n) is 1.62. The first-order valence-electron chi connectivity index (χ1n) is 3.83. The molecule has 0 saturated carbocycles. The first-order valence-corrected chi connectivity index (χ1v) is 3.83. The summed E-state index contributed by atoms with van der Waals surface area (Å²) in [6.45, 7) is 0.00649. The van der Waals surface area contributed by atoms with Crippen molar-refractivity contribution in [2.45, 2.75) is 6.54 Å². The molecule has 0 aliphatic carbocycles. The van der Waals surface area contributed by atoms with Gasteiger partial charge in [0.25, 0.3) is 5.56 Å². The first kappa shape index (κ1) is 9.44. The van der Waals surface area contributed by atoms with Crippen LogP contribution >= 0.6 is 0 Å². The van der Waals surface area contributed by atoms with Gasteiger partial charge in [0.15, 0.2) is 0 Å². The summed E-state index contributed by atoms with van der Waals surface area (Å²) in [7, 11) is 3.64. The molecule has 0 aliphatic rings. The van der Waals surface area contributed by atoms with Crippen molar-refractivity contribution in [2.24, 2.45) is 0 Å². The molecule has 0 N–H and O–H groups in total. The van der Waals surface area contributed by atoms with Gasteiger partial charge in [0.1, 0.15) is 12.8 Å². The van der Waals surface area contributed by atoms with Crippen molar-refractivity contribution in [3.05, 3.63) is 22.6 Å². The smallest absolute Gasteiger partial charge is 0.269 e. The van der Waals surface area contributed by atoms with Gasteiger partial charge in [-0.15, -0.1) is 0 Å². The lowest BCUT2D eigenvalue weighted by molar-refractivity contribution is -0.108. The van der Waals surface area contributed by atoms with Gasteiger partial charge >= 0.3 is 0 Å². The van der Waals surface area contributed by atoms with Crippen molar-refractivity contribution in [3.63, 3.8) is 0 Å². The third-order valence-corrected chi connectivity index (χ3v) is 1.62. The molecule has 5 heteroatoms. The van der Waals surface area contributed by atoms with Gasteiger partial charge in [0.2, 0.25) is 0 Å². The molecule has 0 bridgehead atoms. The number of anilines is 1. The maximum Gasteiger partial charge on any atom is 0.269 e. The molecular weight excluding hydrogens is 170 g/mol. The molecule has 0 aliphatic heterocycles. The molecule has 13 heavy (non-hydrogen) atoms. The molecule has 1 rings (SSSR count). The van der Waals surface area contributed by atoms with Gasteiger partial charge in [-0.1, -0.05) is 0 Å². The second-order valence-electron chi connectivity index (χ2n) is 2.80. The molecule has 0 aromatic carbocycles. The van der Waals surface area contributed by atoms with Crippen LogP contribution in [0.15, 0.2) is 17.1 Å². The van der Waals surface area contributed by atoms with E-state index in [-0.39, 0.29) is 12.1 Å². The molecule has 1 heterocycles. The number of nitrogens with zero attached hydrogens (tertiary/aromatic N) is 3. The van der Waals surface area contributed by atoms with Crippen LogP contribution in [0.1, 0.15) is 0 Å². The van der Waals surface area contributed by atoms with Gasteiger partial charge in [-0.3, -0.25) is 4.79 Å². The van der Waals surface area contributed by atoms with Gasteiger partial charge < -0.3 is 9.69 Å². The van der Waals surface area contributed by atoms with E-state index in [1.54, 1.807) is 11.1 Å². The van der Waals surface area contributed by atoms with Crippen LogP contribution in [0.25, 0.3) is 0 Å². The molecule has 0 atom stereocenters. The number of carbonyl (C=O) groups excluding carboxylic acids is 1. The molecule has 1 aromatic rings. The summed E-state index contributed by atoms with van der Waals surface area (Å²) in [4.78, 5) is 23.2. The van der Waals surface area contributed by atoms with E-state index >= 15 is 0 Å². The van der Waals surface area contributed by atoms with Crippen LogP contribution in [0.4, 0.5) is 5.69 Å². The Balaban J connectivity index is 3.05. The van der Waals surface area contributed by atoms with E-state index in [0.717, 1.165) is 10.4 Å². The first-order chi connectivity index (χ1) is 6.15. The maximum atomic E-state index is 11.2. The minimum atomic E-state index is -0.265. The molecule has 0 amide bonds. The Morgan fingerprint density at radius 1 is 1.62 bits per heavy atom. The Bertz CT molecular complexity index is 357. The van der Waals surface area contributed by atoms with Crippen molar-refractivity contribution in [2.75, 3.05) is 19.0 Å². The second kappa shape index (κ2) is 3.84. The van der Waals surface area contributed by atoms with Crippen LogP contribution in [0.2, 0.25) is 0 Å². The molecule has 0 unspecified atom stereocenters. The summed E-state index contributed by atoms with van der Waals surface area (Å²) in [5.74, 6) is 0. The van der Waals surface area contributed by atoms with Gasteiger partial charge in [0.05, 0.1) is 11.9 Å². The highest BCUT2D eigenvalue weighted by Crippen LogP contribution is 2.02. The van der Waals surface area contributed by atoms with Crippen LogP contribution in [-0.2, 0) is 11.3 Å². The monoisotopic (exact) mass is 181 g/mol. The average molecular weight is 181 g/mol. The van der Waals surface area contributed by atoms with Crippen molar-refractivity contribution in [1.82, 2.24) is 9.78 Å². The largest absolute Gasteiger partial charge is 0.376 e. The highest BCUT2D eigenvalue weighted by Gasteiger charge is 1.99. The number of rotatable bonds is 3. The zero-order valence-electron chi connectivity index (χ0n) is 7.60. The summed E-state index contributed by atoms with van der Waals surface area (Å²) in [5, 5.41) is 3.82. The summed E-state index contributed by atoms with van der Waals surface area (Å²) < 4.78 is 1.11. The highest BCUT2D eigenvalue weighted by molar-refractivity contribution is 5.49. The molecule has 70 valence electrons. The van der Waals surface area contributed by atoms with Crippen LogP contribution in [-0.4, -0.2) is 30.2 Å². The zero-order chi connectivity index (χ0) is 9.84. The second-order valence-corrected chi connectivity index (χ2v) is 2.80.